The summed E-state index contributed by atoms with van der Waals surface area (Å²) in [6.45, 7) is 2.29. The minimum absolute atomic E-state index is 0.00119. The zero-order chi connectivity index (χ0) is 16.9. The molecule has 2 rings (SSSR count). The highest BCUT2D eigenvalue weighted by Gasteiger charge is 2.38. The number of rotatable bonds is 3. The molecule has 0 aliphatic carbocycles. The minimum Gasteiger partial charge on any atom is -0.381 e. The summed E-state index contributed by atoms with van der Waals surface area (Å²) in [4.78, 5) is 24.7. The van der Waals surface area contributed by atoms with E-state index >= 15 is 0 Å². The van der Waals surface area contributed by atoms with Crippen molar-refractivity contribution in [3.63, 3.8) is 0 Å². The maximum absolute atomic E-state index is 12.2. The molecule has 0 aromatic carbocycles. The fourth-order valence-corrected chi connectivity index (χ4v) is 2.74. The summed E-state index contributed by atoms with van der Waals surface area (Å²) < 4.78 is 41.6. The molecule has 1 N–H and O–H groups in total. The highest BCUT2D eigenvalue weighted by atomic mass is 19.4. The third kappa shape index (κ3) is 5.53. The maximum atomic E-state index is 12.2. The van der Waals surface area contributed by atoms with Crippen LogP contribution in [0, 0.1) is 5.92 Å². The number of carbonyl (C=O) groups is 2. The van der Waals surface area contributed by atoms with E-state index in [1.165, 1.54) is 0 Å². The summed E-state index contributed by atoms with van der Waals surface area (Å²) in [5.41, 5.74) is 1.08. The lowest BCUT2D eigenvalue weighted by atomic mass is 9.96. The van der Waals surface area contributed by atoms with Crippen LogP contribution in [0.25, 0.3) is 0 Å². The SMILES string of the molecule is O=C(C=C1CCOCC1)N1CCC(CNC(=O)C(F)(F)F)CC1. The van der Waals surface area contributed by atoms with Gasteiger partial charge in [-0.3, -0.25) is 9.59 Å². The number of nitrogens with one attached hydrogen (secondary N) is 1. The van der Waals surface area contributed by atoms with E-state index in [4.69, 9.17) is 4.74 Å². The Bertz CT molecular complexity index is 461. The zero-order valence-corrected chi connectivity index (χ0v) is 12.8. The molecule has 0 unspecified atom stereocenters. The van der Waals surface area contributed by atoms with Crippen molar-refractivity contribution in [1.82, 2.24) is 10.2 Å². The van der Waals surface area contributed by atoms with Gasteiger partial charge in [-0.25, -0.2) is 0 Å². The van der Waals surface area contributed by atoms with E-state index in [-0.39, 0.29) is 18.4 Å². The number of hydrogen-bond acceptors (Lipinski definition) is 3. The van der Waals surface area contributed by atoms with E-state index < -0.39 is 12.1 Å². The van der Waals surface area contributed by atoms with E-state index in [0.29, 0.717) is 39.1 Å². The molecule has 23 heavy (non-hydrogen) atoms. The Morgan fingerprint density at radius 1 is 1.22 bits per heavy atom. The van der Waals surface area contributed by atoms with Crippen molar-refractivity contribution >= 4 is 11.8 Å². The smallest absolute Gasteiger partial charge is 0.381 e. The van der Waals surface area contributed by atoms with Crippen LogP contribution in [0.5, 0.6) is 0 Å². The minimum atomic E-state index is -4.84. The molecule has 2 aliphatic heterocycles. The van der Waals surface area contributed by atoms with E-state index in [0.717, 1.165) is 18.4 Å². The Morgan fingerprint density at radius 2 is 1.83 bits per heavy atom. The summed E-state index contributed by atoms with van der Waals surface area (Å²) >= 11 is 0. The van der Waals surface area contributed by atoms with Gasteiger partial charge in [0, 0.05) is 25.7 Å². The number of hydrogen-bond donors (Lipinski definition) is 1. The van der Waals surface area contributed by atoms with Crippen molar-refractivity contribution in [2.75, 3.05) is 32.8 Å². The quantitative estimate of drug-likeness (QED) is 0.798. The van der Waals surface area contributed by atoms with Crippen LogP contribution in [0.1, 0.15) is 25.7 Å². The van der Waals surface area contributed by atoms with E-state index in [2.05, 4.69) is 0 Å². The number of amides is 2. The highest BCUT2D eigenvalue weighted by molar-refractivity contribution is 5.88. The molecular weight excluding hydrogens is 313 g/mol. The van der Waals surface area contributed by atoms with Crippen LogP contribution in [0.15, 0.2) is 11.6 Å². The van der Waals surface area contributed by atoms with Crippen LogP contribution in [0.2, 0.25) is 0 Å². The molecular formula is C15H21F3N2O3. The van der Waals surface area contributed by atoms with Gasteiger partial charge in [-0.2, -0.15) is 13.2 Å². The van der Waals surface area contributed by atoms with Crippen LogP contribution < -0.4 is 5.32 Å². The lowest BCUT2D eigenvalue weighted by molar-refractivity contribution is -0.173. The Kier molecular flexibility index (Phi) is 6.04. The zero-order valence-electron chi connectivity index (χ0n) is 12.8. The predicted octanol–water partition coefficient (Wildman–Crippen LogP) is 1.64. The number of likely N-dealkylation sites (tertiary alicyclic amines) is 1. The fourth-order valence-electron chi connectivity index (χ4n) is 2.74. The molecule has 2 saturated heterocycles. The second-order valence-corrected chi connectivity index (χ2v) is 5.89. The summed E-state index contributed by atoms with van der Waals surface area (Å²) in [5, 5.41) is 1.91. The third-order valence-corrected chi connectivity index (χ3v) is 4.20. The van der Waals surface area contributed by atoms with Crippen LogP contribution in [0.4, 0.5) is 13.2 Å². The summed E-state index contributed by atoms with van der Waals surface area (Å²) in [6.07, 6.45) is -0.454. The average molecular weight is 334 g/mol. The number of carbonyl (C=O) groups excluding carboxylic acids is 2. The first kappa shape index (κ1) is 17.8. The average Bonchev–Trinajstić information content (AvgIpc) is 2.53. The van der Waals surface area contributed by atoms with Gasteiger partial charge in [0.05, 0.1) is 13.2 Å². The molecule has 2 fully saturated rings. The van der Waals surface area contributed by atoms with Crippen LogP contribution >= 0.6 is 0 Å². The third-order valence-electron chi connectivity index (χ3n) is 4.20. The summed E-state index contributed by atoms with van der Waals surface area (Å²) in [6, 6.07) is 0. The van der Waals surface area contributed by atoms with Gasteiger partial charge < -0.3 is 15.0 Å². The van der Waals surface area contributed by atoms with E-state index in [9.17, 15) is 22.8 Å². The van der Waals surface area contributed by atoms with Gasteiger partial charge in [0.15, 0.2) is 0 Å². The number of piperidine rings is 1. The molecule has 0 bridgehead atoms. The molecule has 0 aromatic rings. The van der Waals surface area contributed by atoms with Crippen molar-refractivity contribution in [2.45, 2.75) is 31.9 Å². The van der Waals surface area contributed by atoms with Gasteiger partial charge in [-0.1, -0.05) is 5.57 Å². The van der Waals surface area contributed by atoms with Crippen LogP contribution in [-0.4, -0.2) is 55.7 Å². The largest absolute Gasteiger partial charge is 0.471 e. The second kappa shape index (κ2) is 7.81. The van der Waals surface area contributed by atoms with Crippen molar-refractivity contribution in [1.29, 1.82) is 0 Å². The van der Waals surface area contributed by atoms with Gasteiger partial charge in [0.25, 0.3) is 0 Å². The van der Waals surface area contributed by atoms with Crippen molar-refractivity contribution in [3.05, 3.63) is 11.6 Å². The molecule has 0 spiro atoms. The molecule has 0 radical (unpaired) electrons. The number of nitrogens with zero attached hydrogens (tertiary/aromatic N) is 1. The monoisotopic (exact) mass is 334 g/mol. The van der Waals surface area contributed by atoms with E-state index in [1.54, 1.807) is 11.0 Å². The molecule has 130 valence electrons. The molecule has 0 saturated carbocycles. The fraction of sp³-hybridized carbons (Fsp3) is 0.733. The van der Waals surface area contributed by atoms with Crippen LogP contribution in [0.3, 0.4) is 0 Å². The molecule has 2 amide bonds. The van der Waals surface area contributed by atoms with Crippen LogP contribution in [-0.2, 0) is 14.3 Å². The number of halogens is 3. The first-order chi connectivity index (χ1) is 10.9. The first-order valence-electron chi connectivity index (χ1n) is 7.77. The molecule has 8 heteroatoms. The van der Waals surface area contributed by atoms with Crippen molar-refractivity contribution in [2.24, 2.45) is 5.92 Å². The predicted molar refractivity (Wildman–Crippen MR) is 76.5 cm³/mol. The van der Waals surface area contributed by atoms with Gasteiger partial charge >= 0.3 is 12.1 Å². The summed E-state index contributed by atoms with van der Waals surface area (Å²) in [5.74, 6) is -1.97. The second-order valence-electron chi connectivity index (χ2n) is 5.89. The lowest BCUT2D eigenvalue weighted by Gasteiger charge is -2.31. The normalized spacial score (nSPS) is 20.3. The Hall–Kier alpha value is -1.57. The Morgan fingerprint density at radius 3 is 2.39 bits per heavy atom. The van der Waals surface area contributed by atoms with Gasteiger partial charge in [-0.15, -0.1) is 0 Å². The Labute approximate surface area is 132 Å². The summed E-state index contributed by atoms with van der Waals surface area (Å²) in [7, 11) is 0. The number of alkyl halides is 3. The molecule has 2 heterocycles. The van der Waals surface area contributed by atoms with Crippen molar-refractivity contribution < 1.29 is 27.5 Å². The standard InChI is InChI=1S/C15H21F3N2O3/c16-15(17,18)14(22)19-10-12-1-5-20(6-2-12)13(21)9-11-3-7-23-8-4-11/h9,12H,1-8,10H2,(H,19,22). The molecule has 5 nitrogen and oxygen atoms in total. The number of ether oxygens (including phenoxy) is 1. The first-order valence-corrected chi connectivity index (χ1v) is 7.77. The van der Waals surface area contributed by atoms with Crippen molar-refractivity contribution in [3.8, 4) is 0 Å². The van der Waals surface area contributed by atoms with Gasteiger partial charge in [0.2, 0.25) is 5.91 Å². The van der Waals surface area contributed by atoms with Gasteiger partial charge in [0.1, 0.15) is 0 Å². The molecule has 0 aromatic heterocycles. The molecule has 0 atom stereocenters. The van der Waals surface area contributed by atoms with E-state index in [1.807, 2.05) is 5.32 Å². The lowest BCUT2D eigenvalue weighted by Crippen LogP contribution is -2.43. The highest BCUT2D eigenvalue weighted by Crippen LogP contribution is 2.20. The molecule has 2 aliphatic rings. The topological polar surface area (TPSA) is 58.6 Å². The Balaban J connectivity index is 1.73. The maximum Gasteiger partial charge on any atom is 0.471 e. The van der Waals surface area contributed by atoms with Gasteiger partial charge in [-0.05, 0) is 31.6 Å².